The van der Waals surface area contributed by atoms with Gasteiger partial charge in [0, 0.05) is 43.5 Å². The van der Waals surface area contributed by atoms with E-state index in [1.54, 1.807) is 18.3 Å². The fourth-order valence-electron chi connectivity index (χ4n) is 4.95. The summed E-state index contributed by atoms with van der Waals surface area (Å²) in [7, 11) is 4.57. The van der Waals surface area contributed by atoms with Crippen LogP contribution in [0.3, 0.4) is 0 Å². The predicted molar refractivity (Wildman–Crippen MR) is 152 cm³/mol. The Labute approximate surface area is 232 Å². The summed E-state index contributed by atoms with van der Waals surface area (Å²) < 4.78 is 21.5. The third-order valence-electron chi connectivity index (χ3n) is 7.07. The summed E-state index contributed by atoms with van der Waals surface area (Å²) in [6.45, 7) is 2.03. The van der Waals surface area contributed by atoms with Gasteiger partial charge in [0.25, 0.3) is 0 Å². The van der Waals surface area contributed by atoms with Crippen LogP contribution in [-0.4, -0.2) is 63.8 Å². The summed E-state index contributed by atoms with van der Waals surface area (Å²) in [5.41, 5.74) is 1.62. The topological polar surface area (TPSA) is 111 Å². The van der Waals surface area contributed by atoms with Crippen molar-refractivity contribution in [2.75, 3.05) is 46.3 Å². The molecule has 0 radical (unpaired) electrons. The lowest BCUT2D eigenvalue weighted by Gasteiger charge is -2.31. The third-order valence-corrected chi connectivity index (χ3v) is 7.07. The zero-order valence-electron chi connectivity index (χ0n) is 22.7. The number of piperidine rings is 1. The number of cyclic esters (lactones) is 1. The molecule has 40 heavy (non-hydrogen) atoms. The van der Waals surface area contributed by atoms with Crippen molar-refractivity contribution in [1.29, 1.82) is 0 Å². The van der Waals surface area contributed by atoms with Gasteiger partial charge in [-0.3, -0.25) is 0 Å². The molecule has 2 aliphatic heterocycles. The quantitative estimate of drug-likeness (QED) is 0.316. The maximum Gasteiger partial charge on any atom is 0.365 e. The lowest BCUT2D eigenvalue weighted by Crippen LogP contribution is -2.38. The molecule has 10 nitrogen and oxygen atoms in total. The smallest absolute Gasteiger partial charge is 0.365 e. The largest absolute Gasteiger partial charge is 0.493 e. The molecule has 0 aromatic heterocycles. The maximum atomic E-state index is 12.6. The van der Waals surface area contributed by atoms with Crippen LogP contribution in [-0.2, 0) is 9.53 Å². The number of carbonyl (C=O) groups is 2. The van der Waals surface area contributed by atoms with E-state index in [1.807, 2.05) is 42.5 Å². The summed E-state index contributed by atoms with van der Waals surface area (Å²) in [6.07, 6.45) is 3.51. The number of nitrogens with one attached hydrogen (secondary N) is 2. The molecule has 1 fully saturated rings. The van der Waals surface area contributed by atoms with Crippen molar-refractivity contribution in [2.45, 2.75) is 12.8 Å². The van der Waals surface area contributed by atoms with Crippen LogP contribution in [0.2, 0.25) is 0 Å². The normalized spacial score (nSPS) is 16.5. The van der Waals surface area contributed by atoms with E-state index in [1.165, 1.54) is 21.3 Å². The summed E-state index contributed by atoms with van der Waals surface area (Å²) in [6, 6.07) is 16.8. The Hall–Kier alpha value is -4.73. The van der Waals surface area contributed by atoms with E-state index in [0.29, 0.717) is 47.0 Å². The van der Waals surface area contributed by atoms with E-state index < -0.39 is 5.97 Å². The van der Waals surface area contributed by atoms with E-state index in [4.69, 9.17) is 18.9 Å². The minimum absolute atomic E-state index is 0.296. The monoisotopic (exact) mass is 544 g/mol. The molecule has 0 saturated carbocycles. The fourth-order valence-corrected chi connectivity index (χ4v) is 4.95. The molecule has 10 heteroatoms. The van der Waals surface area contributed by atoms with Crippen LogP contribution in [0.15, 0.2) is 71.5 Å². The number of ether oxygens (including phenoxy) is 4. The summed E-state index contributed by atoms with van der Waals surface area (Å²) in [5.74, 6) is 1.56. The van der Waals surface area contributed by atoms with Gasteiger partial charge in [0.15, 0.2) is 17.2 Å². The van der Waals surface area contributed by atoms with E-state index in [2.05, 4.69) is 20.5 Å². The molecule has 2 heterocycles. The van der Waals surface area contributed by atoms with Gasteiger partial charge in [-0.25, -0.2) is 14.6 Å². The number of carbonyl (C=O) groups excluding carboxylic acids is 2. The first-order valence-corrected chi connectivity index (χ1v) is 13.1. The standard InChI is InChI=1S/C30H32N4O6/c1-37-25-15-21(16-26(38-2)27(25)39-3)32-30(36)31-17-19-11-13-34(14-12-19)18-24-29(35)40-28(33-24)23-10-6-8-20-7-4-5-9-22(20)23/h4-10,15-16,18-19H,11-14,17H2,1-3H3,(H2,31,32,36). The first-order chi connectivity index (χ1) is 19.5. The summed E-state index contributed by atoms with van der Waals surface area (Å²) >= 11 is 0. The minimum Gasteiger partial charge on any atom is -0.493 e. The number of aliphatic imine (C=N–C) groups is 1. The van der Waals surface area contributed by atoms with Crippen LogP contribution in [0.5, 0.6) is 17.2 Å². The molecule has 2 aliphatic rings. The number of hydrogen-bond donors (Lipinski definition) is 2. The summed E-state index contributed by atoms with van der Waals surface area (Å²) in [4.78, 5) is 31.7. The van der Waals surface area contributed by atoms with E-state index in [0.717, 1.165) is 42.3 Å². The fraction of sp³-hybridized carbons (Fsp3) is 0.300. The Morgan fingerprint density at radius 2 is 1.73 bits per heavy atom. The molecule has 0 spiro atoms. The van der Waals surface area contributed by atoms with Crippen molar-refractivity contribution in [3.05, 3.63) is 72.1 Å². The number of methoxy groups -OCH3 is 3. The van der Waals surface area contributed by atoms with Gasteiger partial charge in [-0.2, -0.15) is 0 Å². The van der Waals surface area contributed by atoms with Crippen molar-refractivity contribution in [1.82, 2.24) is 10.2 Å². The van der Waals surface area contributed by atoms with Crippen LogP contribution in [0, 0.1) is 5.92 Å². The Balaban J connectivity index is 1.14. The van der Waals surface area contributed by atoms with Crippen LogP contribution < -0.4 is 24.8 Å². The van der Waals surface area contributed by atoms with Gasteiger partial charge in [0.05, 0.1) is 27.0 Å². The molecular weight excluding hydrogens is 512 g/mol. The maximum absolute atomic E-state index is 12.6. The van der Waals surface area contributed by atoms with Gasteiger partial charge in [-0.1, -0.05) is 36.4 Å². The number of esters is 1. The van der Waals surface area contributed by atoms with Crippen molar-refractivity contribution in [2.24, 2.45) is 10.9 Å². The molecule has 0 aliphatic carbocycles. The van der Waals surface area contributed by atoms with Crippen molar-refractivity contribution < 1.29 is 28.5 Å². The minimum atomic E-state index is -0.449. The number of urea groups is 1. The second-order valence-electron chi connectivity index (χ2n) is 9.58. The average molecular weight is 545 g/mol. The highest BCUT2D eigenvalue weighted by Gasteiger charge is 2.27. The molecule has 0 atom stereocenters. The molecule has 1 saturated heterocycles. The number of hydrogen-bond acceptors (Lipinski definition) is 8. The highest BCUT2D eigenvalue weighted by Crippen LogP contribution is 2.40. The molecule has 0 bridgehead atoms. The zero-order chi connectivity index (χ0) is 28.1. The Morgan fingerprint density at radius 1 is 1.02 bits per heavy atom. The Kier molecular flexibility index (Phi) is 8.04. The average Bonchev–Trinajstić information content (AvgIpc) is 3.35. The zero-order valence-corrected chi connectivity index (χ0v) is 22.7. The van der Waals surface area contributed by atoms with Gasteiger partial charge in [-0.05, 0) is 35.6 Å². The van der Waals surface area contributed by atoms with Gasteiger partial charge in [0.1, 0.15) is 0 Å². The van der Waals surface area contributed by atoms with Crippen molar-refractivity contribution in [3.63, 3.8) is 0 Å². The van der Waals surface area contributed by atoms with Gasteiger partial charge < -0.3 is 34.5 Å². The lowest BCUT2D eigenvalue weighted by molar-refractivity contribution is -0.130. The summed E-state index contributed by atoms with van der Waals surface area (Å²) in [5, 5.41) is 7.81. The van der Waals surface area contributed by atoms with Crippen LogP contribution >= 0.6 is 0 Å². The van der Waals surface area contributed by atoms with Crippen molar-refractivity contribution in [3.8, 4) is 17.2 Å². The Bertz CT molecular complexity index is 1450. The molecule has 208 valence electrons. The molecule has 3 aromatic rings. The van der Waals surface area contributed by atoms with Crippen LogP contribution in [0.25, 0.3) is 10.8 Å². The van der Waals surface area contributed by atoms with E-state index >= 15 is 0 Å². The van der Waals surface area contributed by atoms with Crippen molar-refractivity contribution >= 4 is 34.4 Å². The SMILES string of the molecule is COc1cc(NC(=O)NCC2CCN(C=C3N=C(c4cccc5ccccc45)OC3=O)CC2)cc(OC)c1OC. The number of nitrogens with zero attached hydrogens (tertiary/aromatic N) is 2. The lowest BCUT2D eigenvalue weighted by atomic mass is 9.97. The molecule has 0 unspecified atom stereocenters. The van der Waals surface area contributed by atoms with Gasteiger partial charge >= 0.3 is 12.0 Å². The second kappa shape index (κ2) is 12.0. The number of fused-ring (bicyclic) bond motifs is 1. The molecular formula is C30H32N4O6. The second-order valence-corrected chi connectivity index (χ2v) is 9.58. The molecule has 3 aromatic carbocycles. The van der Waals surface area contributed by atoms with Crippen LogP contribution in [0.4, 0.5) is 10.5 Å². The highest BCUT2D eigenvalue weighted by molar-refractivity contribution is 6.16. The third kappa shape index (κ3) is 5.80. The first-order valence-electron chi connectivity index (χ1n) is 13.1. The molecule has 2 N–H and O–H groups in total. The molecule has 5 rings (SSSR count). The van der Waals surface area contributed by atoms with E-state index in [-0.39, 0.29) is 6.03 Å². The number of amides is 2. The Morgan fingerprint density at radius 3 is 2.42 bits per heavy atom. The van der Waals surface area contributed by atoms with Gasteiger partial charge in [-0.15, -0.1) is 0 Å². The number of benzene rings is 3. The van der Waals surface area contributed by atoms with Gasteiger partial charge in [0.2, 0.25) is 11.6 Å². The number of likely N-dealkylation sites (tertiary alicyclic amines) is 1. The molecule has 2 amide bonds. The number of rotatable bonds is 8. The predicted octanol–water partition coefficient (Wildman–Crippen LogP) is 4.54. The number of anilines is 1. The van der Waals surface area contributed by atoms with Crippen LogP contribution in [0.1, 0.15) is 18.4 Å². The van der Waals surface area contributed by atoms with E-state index in [9.17, 15) is 9.59 Å². The highest BCUT2D eigenvalue weighted by atomic mass is 16.6. The first kappa shape index (κ1) is 26.9.